The van der Waals surface area contributed by atoms with Gasteiger partial charge in [-0.3, -0.25) is 9.59 Å². The topological polar surface area (TPSA) is 84.5 Å². The third-order valence-electron chi connectivity index (χ3n) is 2.25. The highest BCUT2D eigenvalue weighted by atomic mass is 32.1. The summed E-state index contributed by atoms with van der Waals surface area (Å²) in [6, 6.07) is 5.68. The number of rotatable bonds is 5. The van der Waals surface area contributed by atoms with Crippen molar-refractivity contribution >= 4 is 36.1 Å². The molecule has 0 radical (unpaired) electrons. The first-order chi connectivity index (χ1) is 9.43. The van der Waals surface area contributed by atoms with Gasteiger partial charge < -0.3 is 15.4 Å². The second-order valence-electron chi connectivity index (χ2n) is 4.03. The summed E-state index contributed by atoms with van der Waals surface area (Å²) in [6.45, 7) is 2.65. The van der Waals surface area contributed by atoms with Crippen LogP contribution in [0.15, 0.2) is 24.3 Å². The number of anilines is 1. The molecule has 108 valence electrons. The minimum absolute atomic E-state index is 0.112. The standard InChI is InChI=1S/C13H16N2O4S/c1-8(16)14-10-5-3-4-6-12(10)19-13(18)11(7-20)15-9(2)17/h3-6,11,20H,7H2,1-2H3,(H,14,16)(H,15,17). The first-order valence-electron chi connectivity index (χ1n) is 5.90. The van der Waals surface area contributed by atoms with E-state index >= 15 is 0 Å². The van der Waals surface area contributed by atoms with Gasteiger partial charge in [0.25, 0.3) is 0 Å². The van der Waals surface area contributed by atoms with Gasteiger partial charge in [-0.1, -0.05) is 12.1 Å². The fourth-order valence-electron chi connectivity index (χ4n) is 1.45. The molecule has 2 N–H and O–H groups in total. The van der Waals surface area contributed by atoms with Crippen LogP contribution in [0.25, 0.3) is 0 Å². The van der Waals surface area contributed by atoms with Crippen LogP contribution in [-0.2, 0) is 14.4 Å². The molecule has 0 heterocycles. The van der Waals surface area contributed by atoms with Crippen molar-refractivity contribution in [2.75, 3.05) is 11.1 Å². The molecule has 0 fully saturated rings. The van der Waals surface area contributed by atoms with Crippen LogP contribution in [0.2, 0.25) is 0 Å². The molecule has 1 aromatic carbocycles. The van der Waals surface area contributed by atoms with Gasteiger partial charge in [0.1, 0.15) is 6.04 Å². The molecule has 0 aromatic heterocycles. The molecule has 0 saturated heterocycles. The summed E-state index contributed by atoms with van der Waals surface area (Å²) < 4.78 is 5.18. The van der Waals surface area contributed by atoms with E-state index in [0.29, 0.717) is 5.69 Å². The van der Waals surface area contributed by atoms with Gasteiger partial charge in [-0.25, -0.2) is 4.79 Å². The van der Waals surface area contributed by atoms with Crippen LogP contribution >= 0.6 is 12.6 Å². The van der Waals surface area contributed by atoms with Gasteiger partial charge in [0.15, 0.2) is 5.75 Å². The number of ether oxygens (including phenoxy) is 1. The van der Waals surface area contributed by atoms with Crippen LogP contribution in [-0.4, -0.2) is 29.6 Å². The molecule has 1 aromatic rings. The fourth-order valence-corrected chi connectivity index (χ4v) is 1.69. The van der Waals surface area contributed by atoms with Gasteiger partial charge in [-0.15, -0.1) is 0 Å². The molecular formula is C13H16N2O4S. The average molecular weight is 296 g/mol. The zero-order valence-corrected chi connectivity index (χ0v) is 12.1. The number of carbonyl (C=O) groups is 3. The molecule has 1 rings (SSSR count). The lowest BCUT2D eigenvalue weighted by Crippen LogP contribution is -2.43. The average Bonchev–Trinajstić information content (AvgIpc) is 2.37. The summed E-state index contributed by atoms with van der Waals surface area (Å²) in [7, 11) is 0. The van der Waals surface area contributed by atoms with E-state index in [9.17, 15) is 14.4 Å². The lowest BCUT2D eigenvalue weighted by atomic mass is 10.3. The van der Waals surface area contributed by atoms with Gasteiger partial charge in [0, 0.05) is 19.6 Å². The molecule has 0 saturated carbocycles. The third-order valence-corrected chi connectivity index (χ3v) is 2.62. The molecule has 6 nitrogen and oxygen atoms in total. The Bertz CT molecular complexity index is 519. The third kappa shape index (κ3) is 4.93. The molecule has 20 heavy (non-hydrogen) atoms. The SMILES string of the molecule is CC(=O)Nc1ccccc1OC(=O)C(CS)NC(C)=O. The molecule has 1 atom stereocenters. The van der Waals surface area contributed by atoms with E-state index in [0.717, 1.165) is 0 Å². The second kappa shape index (κ2) is 7.54. The number of nitrogens with one attached hydrogen (secondary N) is 2. The zero-order valence-electron chi connectivity index (χ0n) is 11.2. The van der Waals surface area contributed by atoms with Gasteiger partial charge in [0.2, 0.25) is 11.8 Å². The van der Waals surface area contributed by atoms with Crippen molar-refractivity contribution in [3.63, 3.8) is 0 Å². The Morgan fingerprint density at radius 1 is 1.20 bits per heavy atom. The van der Waals surface area contributed by atoms with Crippen LogP contribution < -0.4 is 15.4 Å². The van der Waals surface area contributed by atoms with E-state index in [2.05, 4.69) is 23.3 Å². The van der Waals surface area contributed by atoms with Crippen LogP contribution in [0.3, 0.4) is 0 Å². The monoisotopic (exact) mass is 296 g/mol. The van der Waals surface area contributed by atoms with Gasteiger partial charge >= 0.3 is 5.97 Å². The predicted octanol–water partition coefficient (Wildman–Crippen LogP) is 0.985. The number of thiol groups is 1. The predicted molar refractivity (Wildman–Crippen MR) is 77.8 cm³/mol. The number of hydrogen-bond donors (Lipinski definition) is 3. The van der Waals surface area contributed by atoms with Crippen molar-refractivity contribution in [3.8, 4) is 5.75 Å². The summed E-state index contributed by atoms with van der Waals surface area (Å²) in [6.07, 6.45) is 0. The number of benzene rings is 1. The highest BCUT2D eigenvalue weighted by Gasteiger charge is 2.21. The fraction of sp³-hybridized carbons (Fsp3) is 0.308. The Labute approximate surface area is 122 Å². The van der Waals surface area contributed by atoms with Crippen molar-refractivity contribution < 1.29 is 19.1 Å². The lowest BCUT2D eigenvalue weighted by Gasteiger charge is -2.16. The Balaban J connectivity index is 2.83. The van der Waals surface area contributed by atoms with E-state index in [1.165, 1.54) is 13.8 Å². The Morgan fingerprint density at radius 3 is 2.40 bits per heavy atom. The van der Waals surface area contributed by atoms with Crippen LogP contribution in [0.4, 0.5) is 5.69 Å². The number of hydrogen-bond acceptors (Lipinski definition) is 5. The maximum Gasteiger partial charge on any atom is 0.334 e. The van der Waals surface area contributed by atoms with E-state index < -0.39 is 12.0 Å². The molecular weight excluding hydrogens is 280 g/mol. The van der Waals surface area contributed by atoms with Crippen molar-refractivity contribution in [1.82, 2.24) is 5.32 Å². The summed E-state index contributed by atoms with van der Waals surface area (Å²) in [5.74, 6) is -0.948. The first kappa shape index (κ1) is 16.0. The van der Waals surface area contributed by atoms with Crippen molar-refractivity contribution in [1.29, 1.82) is 0 Å². The highest BCUT2D eigenvalue weighted by Crippen LogP contribution is 2.24. The minimum atomic E-state index is -0.846. The summed E-state index contributed by atoms with van der Waals surface area (Å²) in [4.78, 5) is 34.0. The molecule has 0 bridgehead atoms. The van der Waals surface area contributed by atoms with E-state index in [1.807, 2.05) is 0 Å². The number of carbonyl (C=O) groups excluding carboxylic acids is 3. The zero-order chi connectivity index (χ0) is 15.1. The maximum atomic E-state index is 11.9. The number of amides is 2. The molecule has 0 aliphatic rings. The van der Waals surface area contributed by atoms with Crippen molar-refractivity contribution in [3.05, 3.63) is 24.3 Å². The normalized spacial score (nSPS) is 11.3. The molecule has 1 unspecified atom stereocenters. The summed E-state index contributed by atoms with van der Waals surface area (Å²) >= 11 is 3.99. The first-order valence-corrected chi connectivity index (χ1v) is 6.53. The molecule has 0 spiro atoms. The van der Waals surface area contributed by atoms with Crippen molar-refractivity contribution in [2.45, 2.75) is 19.9 Å². The van der Waals surface area contributed by atoms with Crippen molar-refractivity contribution in [2.24, 2.45) is 0 Å². The molecule has 2 amide bonds. The largest absolute Gasteiger partial charge is 0.423 e. The summed E-state index contributed by atoms with van der Waals surface area (Å²) in [5.41, 5.74) is 0.383. The lowest BCUT2D eigenvalue weighted by molar-refractivity contribution is -0.138. The molecule has 0 aliphatic carbocycles. The Morgan fingerprint density at radius 2 is 1.85 bits per heavy atom. The smallest absolute Gasteiger partial charge is 0.334 e. The summed E-state index contributed by atoms with van der Waals surface area (Å²) in [5, 5.41) is 4.99. The van der Waals surface area contributed by atoms with Gasteiger partial charge in [0.05, 0.1) is 5.69 Å². The quantitative estimate of drug-likeness (QED) is 0.430. The van der Waals surface area contributed by atoms with E-state index in [1.54, 1.807) is 24.3 Å². The highest BCUT2D eigenvalue weighted by molar-refractivity contribution is 7.80. The molecule has 7 heteroatoms. The van der Waals surface area contributed by atoms with E-state index in [-0.39, 0.29) is 23.3 Å². The Hall–Kier alpha value is -2.02. The van der Waals surface area contributed by atoms with Crippen LogP contribution in [0.5, 0.6) is 5.75 Å². The van der Waals surface area contributed by atoms with Crippen LogP contribution in [0, 0.1) is 0 Å². The minimum Gasteiger partial charge on any atom is -0.423 e. The number of esters is 1. The van der Waals surface area contributed by atoms with Gasteiger partial charge in [-0.2, -0.15) is 12.6 Å². The Kier molecular flexibility index (Phi) is 6.05. The maximum absolute atomic E-state index is 11.9. The van der Waals surface area contributed by atoms with Gasteiger partial charge in [-0.05, 0) is 12.1 Å². The number of para-hydroxylation sites is 2. The second-order valence-corrected chi connectivity index (χ2v) is 4.40. The molecule has 0 aliphatic heterocycles. The van der Waals surface area contributed by atoms with Crippen LogP contribution in [0.1, 0.15) is 13.8 Å². The van der Waals surface area contributed by atoms with E-state index in [4.69, 9.17) is 4.74 Å².